The van der Waals surface area contributed by atoms with Crippen LogP contribution in [0.5, 0.6) is 5.75 Å². The smallest absolute Gasteiger partial charge is 0.262 e. The third kappa shape index (κ3) is 3.20. The fourth-order valence-electron chi connectivity index (χ4n) is 1.92. The Morgan fingerprint density at radius 2 is 2.29 bits per heavy atom. The van der Waals surface area contributed by atoms with Crippen molar-refractivity contribution in [3.8, 4) is 5.75 Å². The van der Waals surface area contributed by atoms with E-state index in [0.717, 1.165) is 37.2 Å². The van der Waals surface area contributed by atoms with Crippen molar-refractivity contribution < 1.29 is 9.53 Å². The van der Waals surface area contributed by atoms with Crippen molar-refractivity contribution in [2.24, 2.45) is 0 Å². The summed E-state index contributed by atoms with van der Waals surface area (Å²) >= 11 is 0. The first-order chi connectivity index (χ1) is 8.29. The molecule has 0 radical (unpaired) electrons. The van der Waals surface area contributed by atoms with Crippen LogP contribution in [0.15, 0.2) is 18.2 Å². The Balaban J connectivity index is 1.95. The fraction of sp³-hybridized carbons (Fsp3) is 0.462. The van der Waals surface area contributed by atoms with Gasteiger partial charge in [-0.25, -0.2) is 0 Å². The van der Waals surface area contributed by atoms with Gasteiger partial charge in [0.15, 0.2) is 6.61 Å². The zero-order valence-corrected chi connectivity index (χ0v) is 10.1. The van der Waals surface area contributed by atoms with Crippen molar-refractivity contribution >= 4 is 11.6 Å². The van der Waals surface area contributed by atoms with Crippen LogP contribution < -0.4 is 15.4 Å². The molecule has 0 saturated heterocycles. The molecule has 1 aliphatic rings. The molecule has 17 heavy (non-hydrogen) atoms. The SMILES string of the molecule is CNCCCCc1ccc2c(c1)NC(=O)CO2. The lowest BCUT2D eigenvalue weighted by Crippen LogP contribution is -2.25. The van der Waals surface area contributed by atoms with E-state index in [2.05, 4.69) is 16.7 Å². The lowest BCUT2D eigenvalue weighted by Gasteiger charge is -2.18. The van der Waals surface area contributed by atoms with Gasteiger partial charge in [0, 0.05) is 0 Å². The van der Waals surface area contributed by atoms with Crippen LogP contribution in [0.4, 0.5) is 5.69 Å². The van der Waals surface area contributed by atoms with Crippen LogP contribution in [0.1, 0.15) is 18.4 Å². The Hall–Kier alpha value is -1.55. The Bertz CT molecular complexity index is 404. The highest BCUT2D eigenvalue weighted by Crippen LogP contribution is 2.28. The molecule has 2 N–H and O–H groups in total. The number of benzene rings is 1. The van der Waals surface area contributed by atoms with E-state index in [0.29, 0.717) is 0 Å². The van der Waals surface area contributed by atoms with Crippen molar-refractivity contribution in [3.05, 3.63) is 23.8 Å². The van der Waals surface area contributed by atoms with Crippen LogP contribution in [0.25, 0.3) is 0 Å². The molecule has 0 bridgehead atoms. The number of hydrogen-bond donors (Lipinski definition) is 2. The van der Waals surface area contributed by atoms with Crippen LogP contribution in [-0.2, 0) is 11.2 Å². The maximum Gasteiger partial charge on any atom is 0.262 e. The second kappa shape index (κ2) is 5.68. The number of unbranched alkanes of at least 4 members (excludes halogenated alkanes) is 1. The van der Waals surface area contributed by atoms with Gasteiger partial charge in [0.1, 0.15) is 5.75 Å². The van der Waals surface area contributed by atoms with Gasteiger partial charge in [0.2, 0.25) is 0 Å². The molecule has 1 aromatic rings. The molecule has 0 fully saturated rings. The molecule has 1 amide bonds. The largest absolute Gasteiger partial charge is 0.482 e. The van der Waals surface area contributed by atoms with Crippen molar-refractivity contribution in [2.75, 3.05) is 25.5 Å². The second-order valence-corrected chi connectivity index (χ2v) is 4.23. The predicted molar refractivity (Wildman–Crippen MR) is 67.4 cm³/mol. The first kappa shape index (κ1) is 11.9. The Morgan fingerprint density at radius 3 is 3.12 bits per heavy atom. The Kier molecular flexibility index (Phi) is 3.98. The van der Waals surface area contributed by atoms with Crippen LogP contribution in [0.2, 0.25) is 0 Å². The summed E-state index contributed by atoms with van der Waals surface area (Å²) in [5, 5.41) is 5.96. The number of hydrogen-bond acceptors (Lipinski definition) is 3. The molecule has 2 rings (SSSR count). The summed E-state index contributed by atoms with van der Waals surface area (Å²) in [5.41, 5.74) is 2.04. The summed E-state index contributed by atoms with van der Waals surface area (Å²) in [4.78, 5) is 11.2. The molecule has 0 unspecified atom stereocenters. The molecule has 1 heterocycles. The molecule has 1 aromatic carbocycles. The number of amides is 1. The molecule has 0 aromatic heterocycles. The number of fused-ring (bicyclic) bond motifs is 1. The number of carbonyl (C=O) groups excluding carboxylic acids is 1. The summed E-state index contributed by atoms with van der Waals surface area (Å²) in [6.45, 7) is 1.17. The standard InChI is InChI=1S/C13H18N2O2/c1-14-7-3-2-4-10-5-6-12-11(8-10)15-13(16)9-17-12/h5-6,8,14H,2-4,7,9H2,1H3,(H,15,16). The summed E-state index contributed by atoms with van der Waals surface area (Å²) in [5.74, 6) is 0.688. The summed E-state index contributed by atoms with van der Waals surface area (Å²) in [6, 6.07) is 6.00. The van der Waals surface area contributed by atoms with E-state index in [4.69, 9.17) is 4.74 Å². The van der Waals surface area contributed by atoms with Crippen molar-refractivity contribution in [1.82, 2.24) is 5.32 Å². The first-order valence-corrected chi connectivity index (χ1v) is 6.00. The molecule has 4 nitrogen and oxygen atoms in total. The van der Waals surface area contributed by atoms with E-state index >= 15 is 0 Å². The molecule has 0 aliphatic carbocycles. The zero-order chi connectivity index (χ0) is 12.1. The monoisotopic (exact) mass is 234 g/mol. The molecule has 1 aliphatic heterocycles. The van der Waals surface area contributed by atoms with Crippen LogP contribution in [0.3, 0.4) is 0 Å². The van der Waals surface area contributed by atoms with Gasteiger partial charge < -0.3 is 15.4 Å². The van der Waals surface area contributed by atoms with E-state index < -0.39 is 0 Å². The highest BCUT2D eigenvalue weighted by molar-refractivity contribution is 5.95. The Labute approximate surface area is 101 Å². The summed E-state index contributed by atoms with van der Waals surface area (Å²) < 4.78 is 5.31. The minimum Gasteiger partial charge on any atom is -0.482 e. The van der Waals surface area contributed by atoms with E-state index in [1.165, 1.54) is 5.56 Å². The lowest BCUT2D eigenvalue weighted by molar-refractivity contribution is -0.118. The Morgan fingerprint density at radius 1 is 1.41 bits per heavy atom. The minimum atomic E-state index is -0.0789. The summed E-state index contributed by atoms with van der Waals surface area (Å²) in [7, 11) is 1.96. The van der Waals surface area contributed by atoms with Gasteiger partial charge in [0.25, 0.3) is 5.91 Å². The minimum absolute atomic E-state index is 0.0789. The van der Waals surface area contributed by atoms with Crippen LogP contribution >= 0.6 is 0 Å². The van der Waals surface area contributed by atoms with Gasteiger partial charge >= 0.3 is 0 Å². The van der Waals surface area contributed by atoms with E-state index in [-0.39, 0.29) is 12.5 Å². The van der Waals surface area contributed by atoms with Gasteiger partial charge in [-0.1, -0.05) is 6.07 Å². The maximum atomic E-state index is 11.2. The first-order valence-electron chi connectivity index (χ1n) is 6.00. The van der Waals surface area contributed by atoms with Crippen LogP contribution in [0, 0.1) is 0 Å². The number of anilines is 1. The van der Waals surface area contributed by atoms with Gasteiger partial charge in [-0.15, -0.1) is 0 Å². The molecule has 92 valence electrons. The van der Waals surface area contributed by atoms with E-state index in [9.17, 15) is 4.79 Å². The highest BCUT2D eigenvalue weighted by atomic mass is 16.5. The normalized spacial score (nSPS) is 13.8. The van der Waals surface area contributed by atoms with Gasteiger partial charge in [-0.3, -0.25) is 4.79 Å². The average molecular weight is 234 g/mol. The number of rotatable bonds is 5. The average Bonchev–Trinajstić information content (AvgIpc) is 2.34. The van der Waals surface area contributed by atoms with Crippen molar-refractivity contribution in [3.63, 3.8) is 0 Å². The predicted octanol–water partition coefficient (Wildman–Crippen LogP) is 1.56. The van der Waals surface area contributed by atoms with Crippen molar-refractivity contribution in [2.45, 2.75) is 19.3 Å². The molecular weight excluding hydrogens is 216 g/mol. The van der Waals surface area contributed by atoms with Gasteiger partial charge in [0.05, 0.1) is 5.69 Å². The number of ether oxygens (including phenoxy) is 1. The maximum absolute atomic E-state index is 11.2. The fourth-order valence-corrected chi connectivity index (χ4v) is 1.92. The third-order valence-electron chi connectivity index (χ3n) is 2.82. The lowest BCUT2D eigenvalue weighted by atomic mass is 10.1. The van der Waals surface area contributed by atoms with Gasteiger partial charge in [-0.2, -0.15) is 0 Å². The zero-order valence-electron chi connectivity index (χ0n) is 10.1. The number of carbonyl (C=O) groups is 1. The molecule has 0 spiro atoms. The third-order valence-corrected chi connectivity index (χ3v) is 2.82. The van der Waals surface area contributed by atoms with E-state index in [1.807, 2.05) is 19.2 Å². The number of nitrogens with one attached hydrogen (secondary N) is 2. The molecule has 0 atom stereocenters. The highest BCUT2D eigenvalue weighted by Gasteiger charge is 2.15. The van der Waals surface area contributed by atoms with Crippen LogP contribution in [-0.4, -0.2) is 26.1 Å². The van der Waals surface area contributed by atoms with E-state index in [1.54, 1.807) is 0 Å². The topological polar surface area (TPSA) is 50.4 Å². The molecular formula is C13H18N2O2. The van der Waals surface area contributed by atoms with Gasteiger partial charge in [-0.05, 0) is 50.6 Å². The summed E-state index contributed by atoms with van der Waals surface area (Å²) in [6.07, 6.45) is 3.34. The quantitative estimate of drug-likeness (QED) is 0.760. The molecule has 4 heteroatoms. The second-order valence-electron chi connectivity index (χ2n) is 4.23. The molecule has 0 saturated carbocycles. The van der Waals surface area contributed by atoms with Crippen molar-refractivity contribution in [1.29, 1.82) is 0 Å². The number of aryl methyl sites for hydroxylation is 1.